The standard InChI is InChI=1S/C47H90O6/c1-6-7-8-9-10-11-12-13-14-15-16-17-18-19-20-27-32-37-45(48)51-40-44(53-47(50)39-34-29-24-22-26-31-36-43(4)5)41-52-46(49)38-33-28-23-21-25-30-35-42(2)3/h42-44H,6-41H2,1-5H3/t44-/m0/s1. The summed E-state index contributed by atoms with van der Waals surface area (Å²) in [5, 5.41) is 0. The molecule has 6 nitrogen and oxygen atoms in total. The molecule has 0 aromatic heterocycles. The highest BCUT2D eigenvalue weighted by atomic mass is 16.6. The molecule has 53 heavy (non-hydrogen) atoms. The molecular formula is C47H90O6. The fourth-order valence-electron chi connectivity index (χ4n) is 6.93. The van der Waals surface area contributed by atoms with E-state index in [9.17, 15) is 14.4 Å². The second-order valence-electron chi connectivity index (χ2n) is 17.0. The summed E-state index contributed by atoms with van der Waals surface area (Å²) >= 11 is 0. The lowest BCUT2D eigenvalue weighted by Crippen LogP contribution is -2.30. The first-order chi connectivity index (χ1) is 25.7. The van der Waals surface area contributed by atoms with Gasteiger partial charge in [0, 0.05) is 19.3 Å². The summed E-state index contributed by atoms with van der Waals surface area (Å²) in [4.78, 5) is 37.6. The van der Waals surface area contributed by atoms with Crippen LogP contribution in [0, 0.1) is 11.8 Å². The van der Waals surface area contributed by atoms with E-state index in [2.05, 4.69) is 34.6 Å². The van der Waals surface area contributed by atoms with Crippen molar-refractivity contribution in [3.8, 4) is 0 Å². The molecule has 0 aromatic rings. The third-order valence-electron chi connectivity index (χ3n) is 10.5. The van der Waals surface area contributed by atoms with Crippen molar-refractivity contribution in [3.05, 3.63) is 0 Å². The fraction of sp³-hybridized carbons (Fsp3) is 0.936. The Hall–Kier alpha value is -1.59. The van der Waals surface area contributed by atoms with Gasteiger partial charge in [0.05, 0.1) is 0 Å². The minimum absolute atomic E-state index is 0.0664. The molecule has 0 saturated heterocycles. The van der Waals surface area contributed by atoms with Gasteiger partial charge in [-0.05, 0) is 31.1 Å². The smallest absolute Gasteiger partial charge is 0.306 e. The van der Waals surface area contributed by atoms with E-state index >= 15 is 0 Å². The van der Waals surface area contributed by atoms with Crippen molar-refractivity contribution in [2.45, 2.75) is 259 Å². The van der Waals surface area contributed by atoms with E-state index in [-0.39, 0.29) is 31.1 Å². The normalized spacial score (nSPS) is 12.1. The van der Waals surface area contributed by atoms with Crippen molar-refractivity contribution in [1.29, 1.82) is 0 Å². The summed E-state index contributed by atoms with van der Waals surface area (Å²) in [7, 11) is 0. The first-order valence-electron chi connectivity index (χ1n) is 23.2. The molecule has 0 aromatic carbocycles. The highest BCUT2D eigenvalue weighted by molar-refractivity contribution is 5.71. The fourth-order valence-corrected chi connectivity index (χ4v) is 6.93. The summed E-state index contributed by atoms with van der Waals surface area (Å²) in [6, 6.07) is 0. The zero-order chi connectivity index (χ0) is 39.0. The van der Waals surface area contributed by atoms with Gasteiger partial charge in [-0.3, -0.25) is 14.4 Å². The average Bonchev–Trinajstić information content (AvgIpc) is 3.12. The number of hydrogen-bond donors (Lipinski definition) is 0. The molecule has 0 unspecified atom stereocenters. The summed E-state index contributed by atoms with van der Waals surface area (Å²) in [6.45, 7) is 11.2. The molecule has 6 heteroatoms. The van der Waals surface area contributed by atoms with Crippen LogP contribution in [0.3, 0.4) is 0 Å². The van der Waals surface area contributed by atoms with Gasteiger partial charge in [0.2, 0.25) is 0 Å². The molecule has 0 aliphatic heterocycles. The number of carbonyl (C=O) groups excluding carboxylic acids is 3. The van der Waals surface area contributed by atoms with Crippen LogP contribution in [0.5, 0.6) is 0 Å². The molecule has 0 aliphatic rings. The number of carbonyl (C=O) groups is 3. The maximum absolute atomic E-state index is 12.7. The van der Waals surface area contributed by atoms with Gasteiger partial charge >= 0.3 is 17.9 Å². The maximum atomic E-state index is 12.7. The van der Waals surface area contributed by atoms with E-state index < -0.39 is 6.10 Å². The first kappa shape index (κ1) is 51.4. The lowest BCUT2D eigenvalue weighted by molar-refractivity contribution is -0.167. The largest absolute Gasteiger partial charge is 0.462 e. The Morgan fingerprint density at radius 3 is 0.925 bits per heavy atom. The summed E-state index contributed by atoms with van der Waals surface area (Å²) < 4.78 is 16.7. The molecule has 0 N–H and O–H groups in total. The van der Waals surface area contributed by atoms with Crippen LogP contribution in [0.1, 0.15) is 253 Å². The zero-order valence-corrected chi connectivity index (χ0v) is 36.1. The Morgan fingerprint density at radius 1 is 0.358 bits per heavy atom. The Kier molecular flexibility index (Phi) is 38.9. The molecule has 314 valence electrons. The lowest BCUT2D eigenvalue weighted by atomic mass is 10.0. The maximum Gasteiger partial charge on any atom is 0.306 e. The molecule has 0 radical (unpaired) electrons. The van der Waals surface area contributed by atoms with Crippen molar-refractivity contribution in [3.63, 3.8) is 0 Å². The van der Waals surface area contributed by atoms with Gasteiger partial charge in [0.15, 0.2) is 6.10 Å². The summed E-state index contributed by atoms with van der Waals surface area (Å²) in [5.41, 5.74) is 0. The molecule has 0 aliphatic carbocycles. The topological polar surface area (TPSA) is 78.9 Å². The van der Waals surface area contributed by atoms with Gasteiger partial charge in [-0.1, -0.05) is 214 Å². The first-order valence-corrected chi connectivity index (χ1v) is 23.2. The minimum Gasteiger partial charge on any atom is -0.462 e. The van der Waals surface area contributed by atoms with E-state index in [1.807, 2.05) is 0 Å². The number of ether oxygens (including phenoxy) is 3. The van der Waals surface area contributed by atoms with E-state index in [1.54, 1.807) is 0 Å². The Bertz CT molecular complexity index is 809. The highest BCUT2D eigenvalue weighted by Crippen LogP contribution is 2.16. The number of rotatable bonds is 41. The lowest BCUT2D eigenvalue weighted by Gasteiger charge is -2.18. The van der Waals surface area contributed by atoms with Gasteiger partial charge < -0.3 is 14.2 Å². The summed E-state index contributed by atoms with van der Waals surface area (Å²) in [5.74, 6) is 0.656. The van der Waals surface area contributed by atoms with Crippen LogP contribution in [-0.2, 0) is 28.6 Å². The second kappa shape index (κ2) is 40.1. The van der Waals surface area contributed by atoms with Gasteiger partial charge in [0.1, 0.15) is 13.2 Å². The molecule has 0 bridgehead atoms. The van der Waals surface area contributed by atoms with Crippen LogP contribution in [0.2, 0.25) is 0 Å². The predicted molar refractivity (Wildman–Crippen MR) is 224 cm³/mol. The van der Waals surface area contributed by atoms with Crippen molar-refractivity contribution < 1.29 is 28.6 Å². The van der Waals surface area contributed by atoms with Crippen LogP contribution >= 0.6 is 0 Å². The van der Waals surface area contributed by atoms with E-state index in [0.29, 0.717) is 19.3 Å². The third kappa shape index (κ3) is 41.4. The quantitative estimate of drug-likeness (QED) is 0.0352. The van der Waals surface area contributed by atoms with Crippen molar-refractivity contribution >= 4 is 17.9 Å². The molecule has 1 atom stereocenters. The van der Waals surface area contributed by atoms with E-state index in [4.69, 9.17) is 14.2 Å². The molecule has 0 saturated carbocycles. The molecule has 0 amide bonds. The number of esters is 3. The average molecular weight is 751 g/mol. The predicted octanol–water partition coefficient (Wildman–Crippen LogP) is 14.6. The molecule has 0 rings (SSSR count). The van der Waals surface area contributed by atoms with Crippen LogP contribution < -0.4 is 0 Å². The zero-order valence-electron chi connectivity index (χ0n) is 36.1. The molecule has 0 spiro atoms. The SMILES string of the molecule is CCCCCCCCCCCCCCCCCCCC(=O)OC[C@@H](COC(=O)CCCCCCCCC(C)C)OC(=O)CCCCCCCCC(C)C. The molecule has 0 fully saturated rings. The summed E-state index contributed by atoms with van der Waals surface area (Å²) in [6.07, 6.45) is 38.3. The van der Waals surface area contributed by atoms with Crippen LogP contribution in [0.25, 0.3) is 0 Å². The van der Waals surface area contributed by atoms with Gasteiger partial charge in [-0.2, -0.15) is 0 Å². The van der Waals surface area contributed by atoms with Crippen molar-refractivity contribution in [1.82, 2.24) is 0 Å². The highest BCUT2D eigenvalue weighted by Gasteiger charge is 2.19. The van der Waals surface area contributed by atoms with Crippen molar-refractivity contribution in [2.75, 3.05) is 13.2 Å². The minimum atomic E-state index is -0.761. The molecular weight excluding hydrogens is 661 g/mol. The third-order valence-corrected chi connectivity index (χ3v) is 10.5. The van der Waals surface area contributed by atoms with Gasteiger partial charge in [-0.25, -0.2) is 0 Å². The Labute approximate surface area is 329 Å². The number of hydrogen-bond acceptors (Lipinski definition) is 6. The Balaban J connectivity index is 4.23. The monoisotopic (exact) mass is 751 g/mol. The van der Waals surface area contributed by atoms with Gasteiger partial charge in [0.25, 0.3) is 0 Å². The van der Waals surface area contributed by atoms with Crippen LogP contribution in [0.15, 0.2) is 0 Å². The second-order valence-corrected chi connectivity index (χ2v) is 17.0. The van der Waals surface area contributed by atoms with Crippen molar-refractivity contribution in [2.24, 2.45) is 11.8 Å². The molecule has 0 heterocycles. The van der Waals surface area contributed by atoms with Crippen LogP contribution in [0.4, 0.5) is 0 Å². The van der Waals surface area contributed by atoms with E-state index in [0.717, 1.165) is 69.6 Å². The van der Waals surface area contributed by atoms with Crippen LogP contribution in [-0.4, -0.2) is 37.2 Å². The van der Waals surface area contributed by atoms with E-state index in [1.165, 1.54) is 141 Å². The number of unbranched alkanes of at least 4 members (excludes halogenated alkanes) is 26. The van der Waals surface area contributed by atoms with Gasteiger partial charge in [-0.15, -0.1) is 0 Å². The Morgan fingerprint density at radius 2 is 0.623 bits per heavy atom.